The van der Waals surface area contributed by atoms with Crippen LogP contribution in [0.1, 0.15) is 0 Å². The average Bonchev–Trinajstić information content (AvgIpc) is 2.57. The van der Waals surface area contributed by atoms with Gasteiger partial charge < -0.3 is 20.1 Å². The molecule has 0 radical (unpaired) electrons. The number of hydrogen-bond acceptors (Lipinski definition) is 5. The summed E-state index contributed by atoms with van der Waals surface area (Å²) in [6.45, 7) is 4.63. The van der Waals surface area contributed by atoms with Gasteiger partial charge in [0.1, 0.15) is 18.4 Å². The first-order valence-corrected chi connectivity index (χ1v) is 8.12. The zero-order valence-corrected chi connectivity index (χ0v) is 16.6. The lowest BCUT2D eigenvalue weighted by Crippen LogP contribution is -2.54. The molecule has 0 aromatic heterocycles. The van der Waals surface area contributed by atoms with Crippen LogP contribution in [0.3, 0.4) is 0 Å². The Morgan fingerprint density at radius 1 is 1.24 bits per heavy atom. The molecule has 1 aliphatic rings. The molecule has 1 amide bonds. The number of piperazine rings is 1. The number of benzene rings is 1. The quantitative estimate of drug-likeness (QED) is 0.735. The standard InChI is InChI=1S/C16H24ClN3O3.2ClH/c1-22-12-14(18)16(21)20-8-6-19(7-9-20)10-11-23-15-5-3-2-4-13(15)17;;/h2-5,14H,6-12,18H2,1H3;2*1H. The van der Waals surface area contributed by atoms with Crippen molar-refractivity contribution in [3.8, 4) is 5.75 Å². The molecule has 1 aromatic rings. The summed E-state index contributed by atoms with van der Waals surface area (Å²) < 4.78 is 10.6. The highest BCUT2D eigenvalue weighted by atomic mass is 35.5. The van der Waals surface area contributed by atoms with Gasteiger partial charge >= 0.3 is 0 Å². The smallest absolute Gasteiger partial charge is 0.241 e. The normalized spacial score (nSPS) is 15.7. The van der Waals surface area contributed by atoms with Crippen molar-refractivity contribution in [1.29, 1.82) is 0 Å². The van der Waals surface area contributed by atoms with Gasteiger partial charge in [-0.3, -0.25) is 9.69 Å². The molecule has 1 atom stereocenters. The van der Waals surface area contributed by atoms with E-state index in [1.165, 1.54) is 0 Å². The number of nitrogens with two attached hydrogens (primary N) is 1. The first-order chi connectivity index (χ1) is 11.1. The van der Waals surface area contributed by atoms with Crippen LogP contribution in [0.5, 0.6) is 5.75 Å². The maximum Gasteiger partial charge on any atom is 0.241 e. The van der Waals surface area contributed by atoms with Crippen LogP contribution < -0.4 is 10.5 Å². The Bertz CT molecular complexity index is 514. The van der Waals surface area contributed by atoms with Gasteiger partial charge in [0.15, 0.2) is 0 Å². The summed E-state index contributed by atoms with van der Waals surface area (Å²) in [5.74, 6) is 0.660. The van der Waals surface area contributed by atoms with Crippen LogP contribution in [0, 0.1) is 0 Å². The molecule has 2 rings (SSSR count). The van der Waals surface area contributed by atoms with Crippen LogP contribution in [-0.4, -0.2) is 74.8 Å². The van der Waals surface area contributed by atoms with Gasteiger partial charge in [0.05, 0.1) is 11.6 Å². The van der Waals surface area contributed by atoms with Crippen LogP contribution in [0.2, 0.25) is 5.02 Å². The Kier molecular flexibility index (Phi) is 12.2. The van der Waals surface area contributed by atoms with E-state index in [0.29, 0.717) is 30.5 Å². The molecule has 144 valence electrons. The third-order valence-corrected chi connectivity index (χ3v) is 4.16. The summed E-state index contributed by atoms with van der Waals surface area (Å²) in [6, 6.07) is 6.87. The zero-order chi connectivity index (χ0) is 16.7. The Morgan fingerprint density at radius 2 is 1.88 bits per heavy atom. The Hall–Kier alpha value is -0.760. The van der Waals surface area contributed by atoms with Gasteiger partial charge in [-0.05, 0) is 12.1 Å². The molecule has 0 saturated carbocycles. The number of ether oxygens (including phenoxy) is 2. The van der Waals surface area contributed by atoms with Crippen LogP contribution in [0.4, 0.5) is 0 Å². The monoisotopic (exact) mass is 413 g/mol. The number of amides is 1. The predicted octanol–water partition coefficient (Wildman–Crippen LogP) is 1.68. The molecule has 1 fully saturated rings. The Morgan fingerprint density at radius 3 is 2.48 bits per heavy atom. The van der Waals surface area contributed by atoms with E-state index in [0.717, 1.165) is 19.6 Å². The zero-order valence-electron chi connectivity index (χ0n) is 14.2. The molecule has 9 heteroatoms. The fourth-order valence-electron chi connectivity index (χ4n) is 2.52. The molecular weight excluding hydrogens is 389 g/mol. The van der Waals surface area contributed by atoms with Crippen molar-refractivity contribution in [2.45, 2.75) is 6.04 Å². The number of carbonyl (C=O) groups is 1. The minimum absolute atomic E-state index is 0. The minimum atomic E-state index is -0.574. The van der Waals surface area contributed by atoms with E-state index in [9.17, 15) is 4.79 Å². The van der Waals surface area contributed by atoms with Crippen LogP contribution >= 0.6 is 36.4 Å². The van der Waals surface area contributed by atoms with Crippen molar-refractivity contribution in [3.05, 3.63) is 29.3 Å². The van der Waals surface area contributed by atoms with E-state index in [2.05, 4.69) is 4.90 Å². The number of carbonyl (C=O) groups excluding carboxylic acids is 1. The number of rotatable bonds is 7. The number of hydrogen-bond donors (Lipinski definition) is 1. The minimum Gasteiger partial charge on any atom is -0.491 e. The summed E-state index contributed by atoms with van der Waals surface area (Å²) in [7, 11) is 1.55. The number of para-hydroxylation sites is 1. The number of nitrogens with zero attached hydrogens (tertiary/aromatic N) is 2. The molecule has 2 N–H and O–H groups in total. The van der Waals surface area contributed by atoms with Crippen LogP contribution in [0.15, 0.2) is 24.3 Å². The fraction of sp³-hybridized carbons (Fsp3) is 0.562. The third-order valence-electron chi connectivity index (χ3n) is 3.85. The molecule has 1 aromatic carbocycles. The second kappa shape index (κ2) is 12.6. The first-order valence-electron chi connectivity index (χ1n) is 7.75. The van der Waals surface area contributed by atoms with E-state index in [-0.39, 0.29) is 37.3 Å². The molecule has 1 heterocycles. The van der Waals surface area contributed by atoms with Gasteiger partial charge in [-0.1, -0.05) is 23.7 Å². The van der Waals surface area contributed by atoms with Crippen molar-refractivity contribution in [2.75, 3.05) is 53.0 Å². The first kappa shape index (κ1) is 24.2. The molecular formula is C16H26Cl3N3O3. The number of halogens is 3. The van der Waals surface area contributed by atoms with Crippen LogP contribution in [0.25, 0.3) is 0 Å². The highest BCUT2D eigenvalue weighted by molar-refractivity contribution is 6.32. The lowest BCUT2D eigenvalue weighted by molar-refractivity contribution is -0.135. The molecule has 0 spiro atoms. The second-order valence-corrected chi connectivity index (χ2v) is 5.91. The van der Waals surface area contributed by atoms with Crippen molar-refractivity contribution in [3.63, 3.8) is 0 Å². The maximum absolute atomic E-state index is 12.1. The second-order valence-electron chi connectivity index (χ2n) is 5.51. The van der Waals surface area contributed by atoms with Gasteiger partial charge in [0, 0.05) is 39.8 Å². The van der Waals surface area contributed by atoms with Crippen LogP contribution in [-0.2, 0) is 9.53 Å². The van der Waals surface area contributed by atoms with Crippen molar-refractivity contribution < 1.29 is 14.3 Å². The summed E-state index contributed by atoms with van der Waals surface area (Å²) in [4.78, 5) is 16.2. The van der Waals surface area contributed by atoms with Crippen molar-refractivity contribution >= 4 is 42.3 Å². The molecule has 6 nitrogen and oxygen atoms in total. The summed E-state index contributed by atoms with van der Waals surface area (Å²) in [5.41, 5.74) is 5.79. The van der Waals surface area contributed by atoms with Gasteiger partial charge in [0.2, 0.25) is 5.91 Å². The maximum atomic E-state index is 12.1. The molecule has 1 aliphatic heterocycles. The largest absolute Gasteiger partial charge is 0.491 e. The molecule has 0 aliphatic carbocycles. The van der Waals surface area contributed by atoms with Crippen molar-refractivity contribution in [1.82, 2.24) is 9.80 Å². The number of methoxy groups -OCH3 is 1. The van der Waals surface area contributed by atoms with E-state index in [1.54, 1.807) is 12.0 Å². The third kappa shape index (κ3) is 7.56. The Balaban J connectivity index is 0.00000288. The molecule has 25 heavy (non-hydrogen) atoms. The van der Waals surface area contributed by atoms with Gasteiger partial charge in [0.25, 0.3) is 0 Å². The summed E-state index contributed by atoms with van der Waals surface area (Å²) in [5, 5.41) is 0.620. The lowest BCUT2D eigenvalue weighted by atomic mass is 10.2. The van der Waals surface area contributed by atoms with E-state index in [1.807, 2.05) is 24.3 Å². The Labute approximate surface area is 166 Å². The lowest BCUT2D eigenvalue weighted by Gasteiger charge is -2.35. The summed E-state index contributed by atoms with van der Waals surface area (Å²) in [6.07, 6.45) is 0. The predicted molar refractivity (Wildman–Crippen MR) is 104 cm³/mol. The van der Waals surface area contributed by atoms with Gasteiger partial charge in [-0.25, -0.2) is 0 Å². The molecule has 1 unspecified atom stereocenters. The van der Waals surface area contributed by atoms with Crippen molar-refractivity contribution in [2.24, 2.45) is 5.73 Å². The van der Waals surface area contributed by atoms with Gasteiger partial charge in [-0.2, -0.15) is 0 Å². The van der Waals surface area contributed by atoms with E-state index in [4.69, 9.17) is 26.8 Å². The molecule has 1 saturated heterocycles. The summed E-state index contributed by atoms with van der Waals surface area (Å²) >= 11 is 6.05. The topological polar surface area (TPSA) is 68.0 Å². The highest BCUT2D eigenvalue weighted by Gasteiger charge is 2.25. The average molecular weight is 415 g/mol. The highest BCUT2D eigenvalue weighted by Crippen LogP contribution is 2.22. The van der Waals surface area contributed by atoms with Gasteiger partial charge in [-0.15, -0.1) is 24.8 Å². The SMILES string of the molecule is COCC(N)C(=O)N1CCN(CCOc2ccccc2Cl)CC1.Cl.Cl. The van der Waals surface area contributed by atoms with E-state index >= 15 is 0 Å². The molecule has 0 bridgehead atoms. The van der Waals surface area contributed by atoms with E-state index < -0.39 is 6.04 Å². The fourth-order valence-corrected chi connectivity index (χ4v) is 2.71.